The third-order valence-corrected chi connectivity index (χ3v) is 4.48. The molecule has 1 aliphatic heterocycles. The Bertz CT molecular complexity index is 505. The van der Waals surface area contributed by atoms with Crippen molar-refractivity contribution in [3.05, 3.63) is 23.8 Å². The second-order valence-electron chi connectivity index (χ2n) is 6.70. The molecule has 2 rings (SSSR count). The third kappa shape index (κ3) is 4.23. The quantitative estimate of drug-likeness (QED) is 0.838. The first-order chi connectivity index (χ1) is 10.5. The lowest BCUT2D eigenvalue weighted by Crippen LogP contribution is -2.47. The summed E-state index contributed by atoms with van der Waals surface area (Å²) < 4.78 is 0. The second-order valence-corrected chi connectivity index (χ2v) is 6.70. The van der Waals surface area contributed by atoms with Gasteiger partial charge in [-0.2, -0.15) is 0 Å². The number of aryl methyl sites for hydroxylation is 1. The third-order valence-electron chi connectivity index (χ3n) is 4.48. The van der Waals surface area contributed by atoms with Gasteiger partial charge in [0.15, 0.2) is 0 Å². The van der Waals surface area contributed by atoms with Crippen LogP contribution in [0.4, 0.5) is 11.4 Å². The maximum absolute atomic E-state index is 12.8. The molecule has 22 heavy (non-hydrogen) atoms. The van der Waals surface area contributed by atoms with Crippen LogP contribution in [0.25, 0.3) is 0 Å². The molecule has 1 saturated heterocycles. The highest BCUT2D eigenvalue weighted by molar-refractivity contribution is 5.95. The summed E-state index contributed by atoms with van der Waals surface area (Å²) in [6.07, 6.45) is 4.93. The molecule has 0 bridgehead atoms. The molecule has 4 nitrogen and oxygen atoms in total. The van der Waals surface area contributed by atoms with Gasteiger partial charge in [0.2, 0.25) is 5.91 Å². The van der Waals surface area contributed by atoms with Crippen molar-refractivity contribution in [1.82, 2.24) is 4.90 Å². The molecule has 1 amide bonds. The van der Waals surface area contributed by atoms with Gasteiger partial charge in [-0.1, -0.05) is 32.8 Å². The molecule has 1 heterocycles. The Kier molecular flexibility index (Phi) is 5.83. The number of hydrogen-bond acceptors (Lipinski definition) is 3. The van der Waals surface area contributed by atoms with E-state index in [1.165, 1.54) is 25.7 Å². The number of anilines is 2. The number of hydrogen-bond donors (Lipinski definition) is 2. The number of benzene rings is 1. The van der Waals surface area contributed by atoms with Gasteiger partial charge in [-0.15, -0.1) is 0 Å². The Morgan fingerprint density at radius 1 is 1.18 bits per heavy atom. The summed E-state index contributed by atoms with van der Waals surface area (Å²) in [4.78, 5) is 15.1. The smallest absolute Gasteiger partial charge is 0.241 e. The van der Waals surface area contributed by atoms with Crippen molar-refractivity contribution in [3.8, 4) is 0 Å². The molecule has 1 aliphatic rings. The van der Waals surface area contributed by atoms with Crippen LogP contribution in [0.3, 0.4) is 0 Å². The molecule has 3 N–H and O–H groups in total. The number of rotatable bonds is 4. The molecule has 0 aromatic heterocycles. The minimum absolute atomic E-state index is 0.0689. The molecule has 1 unspecified atom stereocenters. The van der Waals surface area contributed by atoms with E-state index in [0.717, 1.165) is 24.3 Å². The van der Waals surface area contributed by atoms with Crippen LogP contribution >= 0.6 is 0 Å². The second kappa shape index (κ2) is 7.63. The first-order valence-corrected chi connectivity index (χ1v) is 8.40. The van der Waals surface area contributed by atoms with Gasteiger partial charge in [0, 0.05) is 11.4 Å². The minimum Gasteiger partial charge on any atom is -0.398 e. The summed E-state index contributed by atoms with van der Waals surface area (Å²) in [6, 6.07) is 5.64. The average molecular weight is 303 g/mol. The maximum atomic E-state index is 12.8. The maximum Gasteiger partial charge on any atom is 0.241 e. The molecule has 1 aromatic rings. The standard InChI is InChI=1S/C18H29N3O/c1-13(2)17(21-10-6-4-5-7-11-21)18(22)20-15-9-8-14(3)16(19)12-15/h8-9,12-13,17H,4-7,10-11,19H2,1-3H3,(H,20,22). The fraction of sp³-hybridized carbons (Fsp3) is 0.611. The van der Waals surface area contributed by atoms with Gasteiger partial charge < -0.3 is 11.1 Å². The lowest BCUT2D eigenvalue weighted by molar-refractivity contribution is -0.122. The Morgan fingerprint density at radius 2 is 1.82 bits per heavy atom. The van der Waals surface area contributed by atoms with Gasteiger partial charge in [0.1, 0.15) is 0 Å². The highest BCUT2D eigenvalue weighted by Crippen LogP contribution is 2.21. The summed E-state index contributed by atoms with van der Waals surface area (Å²) in [5, 5.41) is 3.05. The molecule has 0 aliphatic carbocycles. The zero-order chi connectivity index (χ0) is 16.1. The number of amides is 1. The van der Waals surface area contributed by atoms with Crippen LogP contribution in [0.15, 0.2) is 18.2 Å². The van der Waals surface area contributed by atoms with Gasteiger partial charge in [0.25, 0.3) is 0 Å². The van der Waals surface area contributed by atoms with E-state index < -0.39 is 0 Å². The largest absolute Gasteiger partial charge is 0.398 e. The number of nitrogens with one attached hydrogen (secondary N) is 1. The number of likely N-dealkylation sites (tertiary alicyclic amines) is 1. The van der Waals surface area contributed by atoms with Crippen LogP contribution in [0.1, 0.15) is 45.1 Å². The number of carbonyl (C=O) groups is 1. The van der Waals surface area contributed by atoms with E-state index in [1.807, 2.05) is 25.1 Å². The Balaban J connectivity index is 2.10. The van der Waals surface area contributed by atoms with Crippen molar-refractivity contribution in [2.45, 2.75) is 52.5 Å². The Hall–Kier alpha value is -1.55. The van der Waals surface area contributed by atoms with Crippen molar-refractivity contribution >= 4 is 17.3 Å². The van der Waals surface area contributed by atoms with Crippen molar-refractivity contribution in [2.75, 3.05) is 24.1 Å². The van der Waals surface area contributed by atoms with Gasteiger partial charge in [0.05, 0.1) is 6.04 Å². The molecular weight excluding hydrogens is 274 g/mol. The fourth-order valence-electron chi connectivity index (χ4n) is 3.20. The Labute approximate surface area is 134 Å². The van der Waals surface area contributed by atoms with E-state index in [4.69, 9.17) is 5.73 Å². The molecule has 122 valence electrons. The van der Waals surface area contributed by atoms with Gasteiger partial charge >= 0.3 is 0 Å². The van der Waals surface area contributed by atoms with E-state index in [2.05, 4.69) is 24.1 Å². The van der Waals surface area contributed by atoms with Gasteiger partial charge in [-0.3, -0.25) is 9.69 Å². The lowest BCUT2D eigenvalue weighted by atomic mass is 10.0. The zero-order valence-electron chi connectivity index (χ0n) is 14.1. The van der Waals surface area contributed by atoms with Crippen molar-refractivity contribution in [3.63, 3.8) is 0 Å². The zero-order valence-corrected chi connectivity index (χ0v) is 14.1. The molecule has 0 radical (unpaired) electrons. The van der Waals surface area contributed by atoms with Crippen LogP contribution in [-0.4, -0.2) is 29.9 Å². The number of carbonyl (C=O) groups excluding carboxylic acids is 1. The monoisotopic (exact) mass is 303 g/mol. The molecule has 0 saturated carbocycles. The predicted octanol–water partition coefficient (Wildman–Crippen LogP) is 3.42. The van der Waals surface area contributed by atoms with E-state index in [0.29, 0.717) is 11.6 Å². The van der Waals surface area contributed by atoms with Crippen LogP contribution in [0.2, 0.25) is 0 Å². The molecule has 0 spiro atoms. The highest BCUT2D eigenvalue weighted by Gasteiger charge is 2.29. The average Bonchev–Trinajstić information content (AvgIpc) is 2.72. The summed E-state index contributed by atoms with van der Waals surface area (Å²) in [6.45, 7) is 8.25. The summed E-state index contributed by atoms with van der Waals surface area (Å²) in [5.41, 5.74) is 8.47. The van der Waals surface area contributed by atoms with Crippen molar-refractivity contribution in [1.29, 1.82) is 0 Å². The van der Waals surface area contributed by atoms with E-state index in [1.54, 1.807) is 0 Å². The molecule has 1 fully saturated rings. The predicted molar refractivity (Wildman–Crippen MR) is 92.9 cm³/mol. The van der Waals surface area contributed by atoms with Crippen LogP contribution in [0.5, 0.6) is 0 Å². The lowest BCUT2D eigenvalue weighted by Gasteiger charge is -2.32. The first kappa shape index (κ1) is 16.8. The summed E-state index contributed by atoms with van der Waals surface area (Å²) >= 11 is 0. The normalized spacial score (nSPS) is 18.0. The summed E-state index contributed by atoms with van der Waals surface area (Å²) in [7, 11) is 0. The van der Waals surface area contributed by atoms with E-state index in [9.17, 15) is 4.79 Å². The fourth-order valence-corrected chi connectivity index (χ4v) is 3.20. The van der Waals surface area contributed by atoms with Crippen molar-refractivity contribution < 1.29 is 4.79 Å². The molecule has 1 atom stereocenters. The minimum atomic E-state index is -0.0689. The van der Waals surface area contributed by atoms with Crippen molar-refractivity contribution in [2.24, 2.45) is 5.92 Å². The van der Waals surface area contributed by atoms with E-state index in [-0.39, 0.29) is 11.9 Å². The van der Waals surface area contributed by atoms with E-state index >= 15 is 0 Å². The molecule has 1 aromatic carbocycles. The molecular formula is C18H29N3O. The Morgan fingerprint density at radius 3 is 2.36 bits per heavy atom. The molecule has 4 heteroatoms. The van der Waals surface area contributed by atoms with Gasteiger partial charge in [-0.05, 0) is 56.5 Å². The summed E-state index contributed by atoms with van der Waals surface area (Å²) in [5.74, 6) is 0.376. The van der Waals surface area contributed by atoms with Crippen LogP contribution in [0, 0.1) is 12.8 Å². The van der Waals surface area contributed by atoms with Gasteiger partial charge in [-0.25, -0.2) is 0 Å². The SMILES string of the molecule is Cc1ccc(NC(=O)C(C(C)C)N2CCCCCC2)cc1N. The number of nitrogens with two attached hydrogens (primary N) is 1. The van der Waals surface area contributed by atoms with Crippen LogP contribution < -0.4 is 11.1 Å². The first-order valence-electron chi connectivity index (χ1n) is 8.40. The van der Waals surface area contributed by atoms with Crippen LogP contribution in [-0.2, 0) is 4.79 Å². The highest BCUT2D eigenvalue weighted by atomic mass is 16.2. The topological polar surface area (TPSA) is 58.4 Å². The number of nitrogen functional groups attached to an aromatic ring is 1. The number of nitrogens with zero attached hydrogens (tertiary/aromatic N) is 1.